The van der Waals surface area contributed by atoms with Crippen LogP contribution in [0.1, 0.15) is 11.1 Å². The fraction of sp³-hybridized carbons (Fsp3) is 0.389. The Balaban J connectivity index is 0.00000225. The first-order valence-electron chi connectivity index (χ1n) is 8.29. The summed E-state index contributed by atoms with van der Waals surface area (Å²) in [6.45, 7) is 6.86. The van der Waals surface area contributed by atoms with Crippen molar-refractivity contribution in [2.24, 2.45) is 0 Å². The molecular weight excluding hydrogens is 336 g/mol. The zero-order chi connectivity index (χ0) is 16.6. The predicted molar refractivity (Wildman–Crippen MR) is 101 cm³/mol. The van der Waals surface area contributed by atoms with Crippen LogP contribution in [0.5, 0.6) is 0 Å². The number of benzene rings is 1. The largest absolute Gasteiger partial charge is 0.338 e. The maximum atomic E-state index is 8.80. The number of piperazine rings is 1. The highest BCUT2D eigenvalue weighted by Gasteiger charge is 2.17. The molecule has 2 heterocycles. The van der Waals surface area contributed by atoms with E-state index in [-0.39, 0.29) is 12.4 Å². The summed E-state index contributed by atoms with van der Waals surface area (Å²) in [4.78, 5) is 13.3. The SMILES string of the molecule is Cl.N#Cc1ccc(CNCCN2CCN(c3ncccn3)CC2)cc1. The molecule has 0 unspecified atom stereocenters. The summed E-state index contributed by atoms with van der Waals surface area (Å²) in [6, 6.07) is 11.7. The highest BCUT2D eigenvalue weighted by atomic mass is 35.5. The number of nitrogens with one attached hydrogen (secondary N) is 1. The van der Waals surface area contributed by atoms with E-state index in [0.717, 1.165) is 51.8 Å². The molecule has 1 aliphatic rings. The molecule has 0 aliphatic carbocycles. The molecule has 3 rings (SSSR count). The minimum absolute atomic E-state index is 0. The molecule has 6 nitrogen and oxygen atoms in total. The van der Waals surface area contributed by atoms with Gasteiger partial charge in [-0.1, -0.05) is 12.1 Å². The lowest BCUT2D eigenvalue weighted by molar-refractivity contribution is 0.256. The summed E-state index contributed by atoms with van der Waals surface area (Å²) >= 11 is 0. The van der Waals surface area contributed by atoms with Crippen LogP contribution in [0.15, 0.2) is 42.7 Å². The summed E-state index contributed by atoms with van der Waals surface area (Å²) < 4.78 is 0. The number of hydrogen-bond donors (Lipinski definition) is 1. The molecule has 1 aromatic carbocycles. The third kappa shape index (κ3) is 5.68. The Hall–Kier alpha value is -2.20. The van der Waals surface area contributed by atoms with Gasteiger partial charge in [0.05, 0.1) is 11.6 Å². The van der Waals surface area contributed by atoms with Gasteiger partial charge in [-0.25, -0.2) is 9.97 Å². The summed E-state index contributed by atoms with van der Waals surface area (Å²) in [5, 5.41) is 12.3. The van der Waals surface area contributed by atoms with Crippen LogP contribution in [0.2, 0.25) is 0 Å². The normalized spacial score (nSPS) is 14.6. The minimum atomic E-state index is 0. The third-order valence-corrected chi connectivity index (χ3v) is 4.22. The van der Waals surface area contributed by atoms with Gasteiger partial charge in [0.25, 0.3) is 0 Å². The van der Waals surface area contributed by atoms with Crippen molar-refractivity contribution >= 4 is 18.4 Å². The summed E-state index contributed by atoms with van der Waals surface area (Å²) in [5.41, 5.74) is 1.92. The average Bonchev–Trinajstić information content (AvgIpc) is 2.67. The van der Waals surface area contributed by atoms with Crippen LogP contribution in [0.4, 0.5) is 5.95 Å². The molecular formula is C18H23ClN6. The van der Waals surface area contributed by atoms with Gasteiger partial charge in [0.2, 0.25) is 5.95 Å². The second kappa shape index (κ2) is 9.94. The molecule has 25 heavy (non-hydrogen) atoms. The number of anilines is 1. The van der Waals surface area contributed by atoms with E-state index in [0.29, 0.717) is 5.56 Å². The molecule has 1 saturated heterocycles. The van der Waals surface area contributed by atoms with Crippen molar-refractivity contribution in [3.8, 4) is 6.07 Å². The topological polar surface area (TPSA) is 68.1 Å². The van der Waals surface area contributed by atoms with E-state index in [4.69, 9.17) is 5.26 Å². The van der Waals surface area contributed by atoms with Gasteiger partial charge in [0.15, 0.2) is 0 Å². The molecule has 1 N–H and O–H groups in total. The van der Waals surface area contributed by atoms with E-state index >= 15 is 0 Å². The fourth-order valence-electron chi connectivity index (χ4n) is 2.79. The Morgan fingerprint density at radius 1 is 1.04 bits per heavy atom. The van der Waals surface area contributed by atoms with Gasteiger partial charge in [0.1, 0.15) is 0 Å². The Bertz CT molecular complexity index is 662. The predicted octanol–water partition coefficient (Wildman–Crippen LogP) is 1.68. The van der Waals surface area contributed by atoms with Crippen molar-refractivity contribution in [2.45, 2.75) is 6.54 Å². The van der Waals surface area contributed by atoms with Gasteiger partial charge in [-0.15, -0.1) is 12.4 Å². The first-order chi connectivity index (χ1) is 11.8. The van der Waals surface area contributed by atoms with Gasteiger partial charge in [-0.3, -0.25) is 4.90 Å². The van der Waals surface area contributed by atoms with Crippen molar-refractivity contribution in [1.29, 1.82) is 5.26 Å². The molecule has 132 valence electrons. The third-order valence-electron chi connectivity index (χ3n) is 4.22. The zero-order valence-corrected chi connectivity index (χ0v) is 15.0. The van der Waals surface area contributed by atoms with Crippen molar-refractivity contribution in [1.82, 2.24) is 20.2 Å². The molecule has 1 fully saturated rings. The first kappa shape index (κ1) is 19.1. The van der Waals surface area contributed by atoms with Gasteiger partial charge < -0.3 is 10.2 Å². The molecule has 2 aromatic rings. The van der Waals surface area contributed by atoms with Crippen LogP contribution in [0.3, 0.4) is 0 Å². The molecule has 7 heteroatoms. The van der Waals surface area contributed by atoms with E-state index in [2.05, 4.69) is 31.2 Å². The second-order valence-electron chi connectivity index (χ2n) is 5.86. The lowest BCUT2D eigenvalue weighted by Crippen LogP contribution is -2.48. The number of hydrogen-bond acceptors (Lipinski definition) is 6. The monoisotopic (exact) mass is 358 g/mol. The standard InChI is InChI=1S/C18H22N6.ClH/c19-14-16-2-4-17(5-3-16)15-20-8-9-23-10-12-24(13-11-23)18-21-6-1-7-22-18;/h1-7,20H,8-13,15H2;1H. The van der Waals surface area contributed by atoms with E-state index in [1.807, 2.05) is 30.3 Å². The van der Waals surface area contributed by atoms with Crippen LogP contribution < -0.4 is 10.2 Å². The lowest BCUT2D eigenvalue weighted by Gasteiger charge is -2.34. The molecule has 0 amide bonds. The van der Waals surface area contributed by atoms with Crippen molar-refractivity contribution < 1.29 is 0 Å². The van der Waals surface area contributed by atoms with Crippen molar-refractivity contribution in [3.05, 3.63) is 53.9 Å². The van der Waals surface area contributed by atoms with Crippen LogP contribution in [0, 0.1) is 11.3 Å². The Labute approximate surface area is 154 Å². The summed E-state index contributed by atoms with van der Waals surface area (Å²) in [5.74, 6) is 0.830. The summed E-state index contributed by atoms with van der Waals surface area (Å²) in [7, 11) is 0. The highest BCUT2D eigenvalue weighted by molar-refractivity contribution is 5.85. The van der Waals surface area contributed by atoms with Crippen LogP contribution in [-0.2, 0) is 6.54 Å². The fourth-order valence-corrected chi connectivity index (χ4v) is 2.79. The number of nitrogens with zero attached hydrogens (tertiary/aromatic N) is 5. The second-order valence-corrected chi connectivity index (χ2v) is 5.86. The molecule has 0 saturated carbocycles. The molecule has 1 aliphatic heterocycles. The van der Waals surface area contributed by atoms with Gasteiger partial charge in [-0.2, -0.15) is 5.26 Å². The summed E-state index contributed by atoms with van der Waals surface area (Å²) in [6.07, 6.45) is 3.59. The number of rotatable bonds is 6. The van der Waals surface area contributed by atoms with E-state index in [1.165, 1.54) is 5.56 Å². The van der Waals surface area contributed by atoms with Crippen molar-refractivity contribution in [3.63, 3.8) is 0 Å². The van der Waals surface area contributed by atoms with Gasteiger partial charge in [0, 0.05) is 58.2 Å². The molecule has 0 atom stereocenters. The Morgan fingerprint density at radius 3 is 2.36 bits per heavy atom. The maximum absolute atomic E-state index is 8.80. The quantitative estimate of drug-likeness (QED) is 0.792. The molecule has 0 radical (unpaired) electrons. The molecule has 1 aromatic heterocycles. The van der Waals surface area contributed by atoms with Crippen molar-refractivity contribution in [2.75, 3.05) is 44.2 Å². The smallest absolute Gasteiger partial charge is 0.225 e. The number of nitriles is 1. The molecule has 0 spiro atoms. The minimum Gasteiger partial charge on any atom is -0.338 e. The lowest BCUT2D eigenvalue weighted by atomic mass is 10.1. The van der Waals surface area contributed by atoms with E-state index in [1.54, 1.807) is 12.4 Å². The van der Waals surface area contributed by atoms with Crippen LogP contribution in [0.25, 0.3) is 0 Å². The zero-order valence-electron chi connectivity index (χ0n) is 14.1. The van der Waals surface area contributed by atoms with E-state index < -0.39 is 0 Å². The number of halogens is 1. The van der Waals surface area contributed by atoms with Gasteiger partial charge in [-0.05, 0) is 23.8 Å². The maximum Gasteiger partial charge on any atom is 0.225 e. The van der Waals surface area contributed by atoms with Gasteiger partial charge >= 0.3 is 0 Å². The highest BCUT2D eigenvalue weighted by Crippen LogP contribution is 2.09. The Morgan fingerprint density at radius 2 is 1.72 bits per heavy atom. The molecule has 0 bridgehead atoms. The Kier molecular flexibility index (Phi) is 7.61. The van der Waals surface area contributed by atoms with Crippen LogP contribution in [-0.4, -0.2) is 54.1 Å². The number of aromatic nitrogens is 2. The van der Waals surface area contributed by atoms with Crippen LogP contribution >= 0.6 is 12.4 Å². The average molecular weight is 359 g/mol. The first-order valence-corrected chi connectivity index (χ1v) is 8.29. The van der Waals surface area contributed by atoms with E-state index in [9.17, 15) is 0 Å².